The lowest BCUT2D eigenvalue weighted by molar-refractivity contribution is -0.135. The first-order valence-electron chi connectivity index (χ1n) is 10.4. The number of hydrogen-bond acceptors (Lipinski definition) is 4. The van der Waals surface area contributed by atoms with Gasteiger partial charge in [-0.15, -0.1) is 34.2 Å². The van der Waals surface area contributed by atoms with Gasteiger partial charge in [-0.2, -0.15) is 0 Å². The molecule has 1 aromatic heterocycles. The second kappa shape index (κ2) is 11.6. The average molecular weight is 503 g/mol. The quantitative estimate of drug-likeness (QED) is 0.353. The predicted molar refractivity (Wildman–Crippen MR) is 121 cm³/mol. The fourth-order valence-electron chi connectivity index (χ4n) is 4.01. The molecule has 8 nitrogen and oxygen atoms in total. The normalized spacial score (nSPS) is 20.7. The van der Waals surface area contributed by atoms with E-state index in [0.29, 0.717) is 12.5 Å². The lowest BCUT2D eigenvalue weighted by Gasteiger charge is -2.26. The summed E-state index contributed by atoms with van der Waals surface area (Å²) in [5.74, 6) is 2.24. The third kappa shape index (κ3) is 6.05. The molecule has 0 bridgehead atoms. The molecule has 1 aromatic rings. The second-order valence-electron chi connectivity index (χ2n) is 7.48. The Morgan fingerprint density at radius 3 is 2.75 bits per heavy atom. The molecule has 3 rings (SSSR count). The van der Waals surface area contributed by atoms with E-state index in [1.807, 2.05) is 9.47 Å². The molecule has 1 unspecified atom stereocenters. The Morgan fingerprint density at radius 1 is 1.25 bits per heavy atom. The maximum atomic E-state index is 12.7. The summed E-state index contributed by atoms with van der Waals surface area (Å²) in [7, 11) is 0. The minimum atomic E-state index is 0. The Labute approximate surface area is 185 Å². The van der Waals surface area contributed by atoms with E-state index < -0.39 is 0 Å². The van der Waals surface area contributed by atoms with Crippen molar-refractivity contribution in [2.24, 2.45) is 10.9 Å². The molecular weight excluding hydrogens is 469 g/mol. The van der Waals surface area contributed by atoms with Crippen molar-refractivity contribution in [2.45, 2.75) is 71.5 Å². The lowest BCUT2D eigenvalue weighted by Crippen LogP contribution is -2.45. The van der Waals surface area contributed by atoms with Gasteiger partial charge in [-0.3, -0.25) is 4.79 Å². The minimum absolute atomic E-state index is 0. The van der Waals surface area contributed by atoms with Crippen LogP contribution in [0.15, 0.2) is 11.3 Å². The summed E-state index contributed by atoms with van der Waals surface area (Å²) in [6.45, 7) is 7.85. The van der Waals surface area contributed by atoms with Crippen molar-refractivity contribution in [1.82, 2.24) is 30.3 Å². The Bertz CT molecular complexity index is 642. The molecule has 2 fully saturated rings. The molecule has 0 spiro atoms. The van der Waals surface area contributed by atoms with Crippen LogP contribution in [-0.4, -0.2) is 57.2 Å². The van der Waals surface area contributed by atoms with E-state index in [2.05, 4.69) is 39.7 Å². The van der Waals surface area contributed by atoms with Gasteiger partial charge in [0.25, 0.3) is 0 Å². The number of carbonyl (C=O) groups excluding carboxylic acids is 1. The van der Waals surface area contributed by atoms with Crippen LogP contribution < -0.4 is 10.6 Å². The van der Waals surface area contributed by atoms with Crippen LogP contribution in [0.25, 0.3) is 0 Å². The van der Waals surface area contributed by atoms with Crippen molar-refractivity contribution in [1.29, 1.82) is 0 Å². The van der Waals surface area contributed by atoms with Crippen molar-refractivity contribution in [3.8, 4) is 0 Å². The van der Waals surface area contributed by atoms with E-state index in [1.165, 1.54) is 19.3 Å². The average Bonchev–Trinajstić information content (AvgIpc) is 3.35. The van der Waals surface area contributed by atoms with Crippen LogP contribution in [0.5, 0.6) is 0 Å². The molecule has 28 heavy (non-hydrogen) atoms. The number of likely N-dealkylation sites (tertiary alicyclic amines) is 1. The molecule has 1 aliphatic heterocycles. The number of halogens is 1. The van der Waals surface area contributed by atoms with E-state index in [-0.39, 0.29) is 35.9 Å². The number of aliphatic imine (C=N–C) groups is 1. The highest BCUT2D eigenvalue weighted by Gasteiger charge is 2.31. The molecule has 1 atom stereocenters. The summed E-state index contributed by atoms with van der Waals surface area (Å²) in [6, 6.07) is 0.249. The molecule has 9 heteroatoms. The molecule has 0 aromatic carbocycles. The van der Waals surface area contributed by atoms with Crippen molar-refractivity contribution in [3.63, 3.8) is 0 Å². The van der Waals surface area contributed by atoms with Gasteiger partial charge in [0, 0.05) is 38.1 Å². The summed E-state index contributed by atoms with van der Waals surface area (Å²) in [4.78, 5) is 19.4. The number of nitrogens with one attached hydrogen (secondary N) is 2. The van der Waals surface area contributed by atoms with Gasteiger partial charge in [-0.1, -0.05) is 19.3 Å². The summed E-state index contributed by atoms with van der Waals surface area (Å²) in [5.41, 5.74) is 0. The van der Waals surface area contributed by atoms with Crippen molar-refractivity contribution in [3.05, 3.63) is 12.2 Å². The zero-order valence-electron chi connectivity index (χ0n) is 17.1. The first-order valence-corrected chi connectivity index (χ1v) is 10.4. The van der Waals surface area contributed by atoms with E-state index in [4.69, 9.17) is 0 Å². The fourth-order valence-corrected chi connectivity index (χ4v) is 4.01. The van der Waals surface area contributed by atoms with Crippen LogP contribution in [0.3, 0.4) is 0 Å². The summed E-state index contributed by atoms with van der Waals surface area (Å²) >= 11 is 0. The Kier molecular flexibility index (Phi) is 9.46. The third-order valence-corrected chi connectivity index (χ3v) is 5.55. The highest BCUT2D eigenvalue weighted by molar-refractivity contribution is 14.0. The maximum Gasteiger partial charge on any atom is 0.225 e. The number of nitrogens with zero attached hydrogens (tertiary/aromatic N) is 5. The van der Waals surface area contributed by atoms with E-state index in [0.717, 1.165) is 57.2 Å². The highest BCUT2D eigenvalue weighted by atomic mass is 127. The number of rotatable bonds is 6. The van der Waals surface area contributed by atoms with E-state index in [1.54, 1.807) is 6.33 Å². The number of aromatic nitrogens is 3. The predicted octanol–water partition coefficient (Wildman–Crippen LogP) is 2.15. The molecule has 1 aliphatic carbocycles. The number of hydrogen-bond donors (Lipinski definition) is 2. The maximum absolute atomic E-state index is 12.7. The van der Waals surface area contributed by atoms with Crippen molar-refractivity contribution in [2.75, 3.05) is 19.6 Å². The van der Waals surface area contributed by atoms with Crippen LogP contribution in [0.2, 0.25) is 0 Å². The largest absolute Gasteiger partial charge is 0.357 e. The van der Waals surface area contributed by atoms with Gasteiger partial charge in [-0.05, 0) is 33.1 Å². The number of amides is 1. The van der Waals surface area contributed by atoms with Crippen LogP contribution in [-0.2, 0) is 17.9 Å². The molecule has 1 saturated carbocycles. The van der Waals surface area contributed by atoms with Crippen LogP contribution in [0.1, 0.15) is 58.2 Å². The SMILES string of the molecule is CCNC(=NCc1nncn1CC)NC1CCN(C(=O)C2CCCCC2)C1.I. The first kappa shape index (κ1) is 22.9. The first-order chi connectivity index (χ1) is 13.2. The lowest BCUT2D eigenvalue weighted by atomic mass is 9.88. The Balaban J connectivity index is 0.00000280. The smallest absolute Gasteiger partial charge is 0.225 e. The standard InChI is InChI=1S/C19H33N7O.HI/c1-3-20-19(21-12-17-24-22-14-25(17)4-2)23-16-10-11-26(13-16)18(27)15-8-6-5-7-9-15;/h14-16H,3-13H2,1-2H3,(H2,20,21,23);1H. The minimum Gasteiger partial charge on any atom is -0.357 e. The van der Waals surface area contributed by atoms with Gasteiger partial charge in [0.05, 0.1) is 0 Å². The molecule has 2 heterocycles. The Morgan fingerprint density at radius 2 is 2.04 bits per heavy atom. The third-order valence-electron chi connectivity index (χ3n) is 5.55. The van der Waals surface area contributed by atoms with Gasteiger partial charge in [0.15, 0.2) is 11.8 Å². The monoisotopic (exact) mass is 503 g/mol. The number of aryl methyl sites for hydroxylation is 1. The second-order valence-corrected chi connectivity index (χ2v) is 7.48. The topological polar surface area (TPSA) is 87.4 Å². The highest BCUT2D eigenvalue weighted by Crippen LogP contribution is 2.26. The molecule has 2 N–H and O–H groups in total. The molecule has 158 valence electrons. The van der Waals surface area contributed by atoms with Crippen LogP contribution in [0.4, 0.5) is 0 Å². The van der Waals surface area contributed by atoms with Gasteiger partial charge in [0.2, 0.25) is 5.91 Å². The molecule has 0 radical (unpaired) electrons. The Hall–Kier alpha value is -1.39. The number of carbonyl (C=O) groups is 1. The summed E-state index contributed by atoms with van der Waals surface area (Å²) in [5, 5.41) is 14.9. The summed E-state index contributed by atoms with van der Waals surface area (Å²) < 4.78 is 1.99. The van der Waals surface area contributed by atoms with E-state index >= 15 is 0 Å². The van der Waals surface area contributed by atoms with Gasteiger partial charge in [-0.25, -0.2) is 4.99 Å². The van der Waals surface area contributed by atoms with E-state index in [9.17, 15) is 4.79 Å². The molecule has 1 amide bonds. The van der Waals surface area contributed by atoms with Gasteiger partial charge >= 0.3 is 0 Å². The zero-order chi connectivity index (χ0) is 19.1. The summed E-state index contributed by atoms with van der Waals surface area (Å²) in [6.07, 6.45) is 8.51. The van der Waals surface area contributed by atoms with Gasteiger partial charge < -0.3 is 20.1 Å². The number of guanidine groups is 1. The van der Waals surface area contributed by atoms with Crippen molar-refractivity contribution < 1.29 is 4.79 Å². The molecule has 1 saturated heterocycles. The molecular formula is C19H34IN7O. The van der Waals surface area contributed by atoms with Crippen LogP contribution >= 0.6 is 24.0 Å². The van der Waals surface area contributed by atoms with Crippen LogP contribution in [0, 0.1) is 5.92 Å². The zero-order valence-corrected chi connectivity index (χ0v) is 19.4. The fraction of sp³-hybridized carbons (Fsp3) is 0.789. The molecule has 2 aliphatic rings. The van der Waals surface area contributed by atoms with Crippen molar-refractivity contribution >= 4 is 35.8 Å². The van der Waals surface area contributed by atoms with Gasteiger partial charge in [0.1, 0.15) is 12.9 Å².